The molecule has 0 radical (unpaired) electrons. The van der Waals surface area contributed by atoms with Gasteiger partial charge in [0.05, 0.1) is 24.2 Å². The fraction of sp³-hybridized carbons (Fsp3) is 0.364. The first-order chi connectivity index (χ1) is 15.3. The molecule has 2 aromatic carbocycles. The SMILES string of the molecule is O=C(O)c1ccccc1[O-].O=C(O)c1ccccc1[O-].[NH3+]CCN1CCN(CC[NH3+])CC1. The minimum Gasteiger partial charge on any atom is -0.872 e. The number of para-hydroxylation sites is 2. The summed E-state index contributed by atoms with van der Waals surface area (Å²) in [5, 5.41) is 38.1. The average molecular weight is 449 g/mol. The third kappa shape index (κ3) is 9.75. The Kier molecular flexibility index (Phi) is 12.4. The molecular formula is C22H32N4O6. The van der Waals surface area contributed by atoms with Crippen molar-refractivity contribution in [1.82, 2.24) is 9.80 Å². The predicted molar refractivity (Wildman–Crippen MR) is 114 cm³/mol. The molecule has 1 fully saturated rings. The van der Waals surface area contributed by atoms with Gasteiger partial charge in [-0.05, 0) is 12.1 Å². The van der Waals surface area contributed by atoms with E-state index in [0.717, 1.165) is 26.2 Å². The first-order valence-electron chi connectivity index (χ1n) is 10.3. The van der Waals surface area contributed by atoms with Crippen LogP contribution in [0.3, 0.4) is 0 Å². The lowest BCUT2D eigenvalue weighted by Crippen LogP contribution is -2.59. The van der Waals surface area contributed by atoms with E-state index in [1.165, 1.54) is 74.7 Å². The quantitative estimate of drug-likeness (QED) is 0.391. The second-order valence-electron chi connectivity index (χ2n) is 6.99. The van der Waals surface area contributed by atoms with Crippen molar-refractivity contribution in [3.05, 3.63) is 59.7 Å². The Labute approximate surface area is 187 Å². The standard InChI is InChI=1S/C8H20N4.2C7H6O3/c9-1-3-11-5-7-12(4-2-10)8-6-11;2*8-6-4-2-1-3-5(6)7(9)10/h1-10H2;2*1-4,8H,(H,9,10). The van der Waals surface area contributed by atoms with E-state index in [1.54, 1.807) is 0 Å². The topological polar surface area (TPSA) is 182 Å². The normalized spacial score (nSPS) is 13.8. The van der Waals surface area contributed by atoms with Crippen LogP contribution in [0.5, 0.6) is 11.5 Å². The average Bonchev–Trinajstić information content (AvgIpc) is 2.77. The molecule has 0 atom stereocenters. The van der Waals surface area contributed by atoms with Crippen LogP contribution in [0.1, 0.15) is 20.7 Å². The summed E-state index contributed by atoms with van der Waals surface area (Å²) >= 11 is 0. The third-order valence-corrected chi connectivity index (χ3v) is 4.65. The Morgan fingerprint density at radius 3 is 1.25 bits per heavy atom. The molecule has 0 unspecified atom stereocenters. The number of piperazine rings is 1. The Balaban J connectivity index is 0.000000241. The van der Waals surface area contributed by atoms with Crippen LogP contribution in [0, 0.1) is 0 Å². The maximum absolute atomic E-state index is 10.7. The van der Waals surface area contributed by atoms with Gasteiger partial charge in [0.1, 0.15) is 0 Å². The molecule has 0 saturated carbocycles. The van der Waals surface area contributed by atoms with Crippen LogP contribution in [-0.4, -0.2) is 84.3 Å². The van der Waals surface area contributed by atoms with Crippen LogP contribution in [0.15, 0.2) is 48.5 Å². The van der Waals surface area contributed by atoms with E-state index in [4.69, 9.17) is 10.2 Å². The molecule has 2 aromatic rings. The zero-order chi connectivity index (χ0) is 23.9. The van der Waals surface area contributed by atoms with Gasteiger partial charge in [-0.2, -0.15) is 0 Å². The van der Waals surface area contributed by atoms with Gasteiger partial charge in [0, 0.05) is 39.3 Å². The van der Waals surface area contributed by atoms with Gasteiger partial charge in [-0.15, -0.1) is 0 Å². The highest BCUT2D eigenvalue weighted by Crippen LogP contribution is 2.11. The number of carboxylic acid groups (broad SMARTS) is 2. The highest BCUT2D eigenvalue weighted by molar-refractivity contribution is 5.90. The molecule has 8 N–H and O–H groups in total. The van der Waals surface area contributed by atoms with Gasteiger partial charge < -0.3 is 31.9 Å². The number of hydrogen-bond donors (Lipinski definition) is 4. The second kappa shape index (κ2) is 14.8. The van der Waals surface area contributed by atoms with E-state index in [0.29, 0.717) is 0 Å². The monoisotopic (exact) mass is 448 g/mol. The van der Waals surface area contributed by atoms with Crippen molar-refractivity contribution in [2.45, 2.75) is 0 Å². The summed E-state index contributed by atoms with van der Waals surface area (Å²) in [5.74, 6) is -3.25. The molecule has 0 aromatic heterocycles. The third-order valence-electron chi connectivity index (χ3n) is 4.65. The van der Waals surface area contributed by atoms with Crippen molar-refractivity contribution in [3.8, 4) is 11.5 Å². The summed E-state index contributed by atoms with van der Waals surface area (Å²) in [4.78, 5) is 25.4. The molecule has 1 aliphatic heterocycles. The molecule has 1 aliphatic rings. The number of hydrogen-bond acceptors (Lipinski definition) is 6. The van der Waals surface area contributed by atoms with Crippen molar-refractivity contribution in [2.75, 3.05) is 52.4 Å². The van der Waals surface area contributed by atoms with Gasteiger partial charge in [0.2, 0.25) is 0 Å². The molecule has 32 heavy (non-hydrogen) atoms. The maximum Gasteiger partial charge on any atom is 0.335 e. The van der Waals surface area contributed by atoms with Crippen molar-refractivity contribution in [1.29, 1.82) is 0 Å². The van der Waals surface area contributed by atoms with Crippen molar-refractivity contribution in [2.24, 2.45) is 0 Å². The number of rotatable bonds is 6. The van der Waals surface area contributed by atoms with E-state index >= 15 is 0 Å². The number of carboxylic acids is 2. The Morgan fingerprint density at radius 1 is 0.719 bits per heavy atom. The summed E-state index contributed by atoms with van der Waals surface area (Å²) < 4.78 is 0. The molecule has 176 valence electrons. The molecule has 3 rings (SSSR count). The Bertz CT molecular complexity index is 771. The van der Waals surface area contributed by atoms with E-state index in [1.807, 2.05) is 0 Å². The van der Waals surface area contributed by atoms with E-state index in [9.17, 15) is 19.8 Å². The van der Waals surface area contributed by atoms with Gasteiger partial charge in [0.25, 0.3) is 0 Å². The smallest absolute Gasteiger partial charge is 0.335 e. The molecule has 0 amide bonds. The highest BCUT2D eigenvalue weighted by atomic mass is 16.4. The maximum atomic E-state index is 10.7. The highest BCUT2D eigenvalue weighted by Gasteiger charge is 2.15. The zero-order valence-corrected chi connectivity index (χ0v) is 18.1. The van der Waals surface area contributed by atoms with Crippen LogP contribution < -0.4 is 21.7 Å². The van der Waals surface area contributed by atoms with Crippen LogP contribution in [0.4, 0.5) is 0 Å². The summed E-state index contributed by atoms with van der Waals surface area (Å²) in [6, 6.07) is 11.1. The number of quaternary nitrogens is 2. The largest absolute Gasteiger partial charge is 0.872 e. The van der Waals surface area contributed by atoms with Gasteiger partial charge >= 0.3 is 11.9 Å². The minimum atomic E-state index is -1.18. The molecule has 10 heteroatoms. The van der Waals surface area contributed by atoms with Gasteiger partial charge in [0.15, 0.2) is 0 Å². The van der Waals surface area contributed by atoms with Gasteiger partial charge in [-0.3, -0.25) is 9.80 Å². The molecule has 0 spiro atoms. The van der Waals surface area contributed by atoms with Crippen molar-refractivity contribution >= 4 is 11.9 Å². The molecule has 0 aliphatic carbocycles. The summed E-state index contributed by atoms with van der Waals surface area (Å²) in [7, 11) is 0. The lowest BCUT2D eigenvalue weighted by atomic mass is 10.2. The number of aromatic carboxylic acids is 2. The number of carbonyl (C=O) groups is 2. The van der Waals surface area contributed by atoms with E-state index in [-0.39, 0.29) is 11.1 Å². The zero-order valence-electron chi connectivity index (χ0n) is 18.1. The van der Waals surface area contributed by atoms with Gasteiger partial charge in [-0.25, -0.2) is 9.59 Å². The van der Waals surface area contributed by atoms with Crippen LogP contribution in [0.2, 0.25) is 0 Å². The first-order valence-corrected chi connectivity index (χ1v) is 10.3. The summed E-state index contributed by atoms with van der Waals surface area (Å²) in [6.07, 6.45) is 0. The van der Waals surface area contributed by atoms with Crippen LogP contribution in [0.25, 0.3) is 0 Å². The Hall–Kier alpha value is -3.18. The molecular weight excluding hydrogens is 416 g/mol. The van der Waals surface area contributed by atoms with Crippen molar-refractivity contribution in [3.63, 3.8) is 0 Å². The lowest BCUT2D eigenvalue weighted by Gasteiger charge is -2.33. The lowest BCUT2D eigenvalue weighted by molar-refractivity contribution is -0.371. The molecule has 1 saturated heterocycles. The van der Waals surface area contributed by atoms with Crippen LogP contribution in [-0.2, 0) is 0 Å². The second-order valence-corrected chi connectivity index (χ2v) is 6.99. The number of benzene rings is 2. The Morgan fingerprint density at radius 2 is 1.03 bits per heavy atom. The van der Waals surface area contributed by atoms with Crippen LogP contribution >= 0.6 is 0 Å². The van der Waals surface area contributed by atoms with E-state index < -0.39 is 23.4 Å². The van der Waals surface area contributed by atoms with Gasteiger partial charge in [-0.1, -0.05) is 47.9 Å². The molecule has 0 bridgehead atoms. The summed E-state index contributed by atoms with van der Waals surface area (Å²) in [5.41, 5.74) is 7.38. The molecule has 10 nitrogen and oxygen atoms in total. The molecule has 1 heterocycles. The number of nitrogens with zero attached hydrogens (tertiary/aromatic N) is 2. The van der Waals surface area contributed by atoms with Crippen molar-refractivity contribution < 1.29 is 41.5 Å². The van der Waals surface area contributed by atoms with E-state index in [2.05, 4.69) is 21.3 Å². The predicted octanol–water partition coefficient (Wildman–Crippen LogP) is -2.00. The minimum absolute atomic E-state index is 0.178. The first kappa shape index (κ1) is 26.9. The fourth-order valence-electron chi connectivity index (χ4n) is 2.97. The fourth-order valence-corrected chi connectivity index (χ4v) is 2.97. The summed E-state index contributed by atoms with van der Waals surface area (Å²) in [6.45, 7) is 9.27.